The number of esters is 2. The summed E-state index contributed by atoms with van der Waals surface area (Å²) in [6.45, 7) is 5.03. The molecular formula is C36H53N5O14. The molecule has 0 saturated carbocycles. The standard InChI is InChI=1S/C36H53N5O14/c1-5-6-7-8-9-10-11-15-25(44)53-30-27(50-4)28(54-34(30)41-17-16-24(43)40-36(41)49)29(31(37)46)55-35-26(45)22(51-20(3)42)18-23(52-35)33(48)39-21-14-12-13-19(2)38-32(21)47/h16-19,21-22,26-30,34-35,45H,5-15H2,1-4H3,(H2,37,46)(H,38,47)(H,39,48)(H,40,43,49)/t19-,21+,22+,26+,27-,28+,29-,30-,34-,35-/m1/s1. The van der Waals surface area contributed by atoms with Crippen molar-refractivity contribution in [1.29, 1.82) is 0 Å². The number of nitrogens with two attached hydrogens (primary N) is 1. The zero-order valence-electron chi connectivity index (χ0n) is 31.6. The predicted octanol–water partition coefficient (Wildman–Crippen LogP) is 0.0782. The number of nitrogens with zero attached hydrogens (tertiary/aromatic N) is 1. The molecule has 19 heteroatoms. The molecule has 6 N–H and O–H groups in total. The molecule has 0 aliphatic carbocycles. The molecule has 4 heterocycles. The van der Waals surface area contributed by atoms with Gasteiger partial charge in [0.25, 0.3) is 11.5 Å². The van der Waals surface area contributed by atoms with Gasteiger partial charge in [-0.2, -0.15) is 0 Å². The van der Waals surface area contributed by atoms with Crippen molar-refractivity contribution in [3.63, 3.8) is 0 Å². The van der Waals surface area contributed by atoms with E-state index in [0.717, 1.165) is 68.4 Å². The molecule has 10 atom stereocenters. The number of carbonyl (C=O) groups excluding carboxylic acids is 5. The number of hydrogen-bond acceptors (Lipinski definition) is 14. The smallest absolute Gasteiger partial charge is 0.330 e. The first-order valence-electron chi connectivity index (χ1n) is 18.7. The Hall–Kier alpha value is -4.59. The summed E-state index contributed by atoms with van der Waals surface area (Å²) < 4.78 is 35.3. The van der Waals surface area contributed by atoms with Crippen molar-refractivity contribution in [1.82, 2.24) is 20.2 Å². The summed E-state index contributed by atoms with van der Waals surface area (Å²) in [4.78, 5) is 91.2. The maximum Gasteiger partial charge on any atom is 0.330 e. The Labute approximate surface area is 317 Å². The Kier molecular flexibility index (Phi) is 16.0. The molecule has 2 fully saturated rings. The third kappa shape index (κ3) is 11.7. The van der Waals surface area contributed by atoms with Crippen molar-refractivity contribution >= 4 is 29.7 Å². The lowest BCUT2D eigenvalue weighted by Crippen LogP contribution is -2.55. The van der Waals surface area contributed by atoms with E-state index in [1.54, 1.807) is 0 Å². The Balaban J connectivity index is 1.58. The average molecular weight is 780 g/mol. The van der Waals surface area contributed by atoms with Crippen LogP contribution in [0, 0.1) is 0 Å². The van der Waals surface area contributed by atoms with E-state index in [1.807, 2.05) is 6.92 Å². The van der Waals surface area contributed by atoms with Crippen molar-refractivity contribution < 1.29 is 57.5 Å². The number of aromatic nitrogens is 2. The fraction of sp³-hybridized carbons (Fsp3) is 0.694. The third-order valence-electron chi connectivity index (χ3n) is 9.57. The van der Waals surface area contributed by atoms with Gasteiger partial charge in [-0.1, -0.05) is 45.4 Å². The molecular weight excluding hydrogens is 726 g/mol. The van der Waals surface area contributed by atoms with Crippen LogP contribution in [0.3, 0.4) is 0 Å². The molecule has 1 aromatic heterocycles. The summed E-state index contributed by atoms with van der Waals surface area (Å²) in [5.41, 5.74) is 4.16. The second-order valence-electron chi connectivity index (χ2n) is 13.9. The first-order chi connectivity index (χ1) is 26.2. The normalized spacial score (nSPS) is 28.5. The molecule has 0 radical (unpaired) electrons. The number of ether oxygens (including phenoxy) is 6. The van der Waals surface area contributed by atoms with E-state index >= 15 is 0 Å². The fourth-order valence-corrected chi connectivity index (χ4v) is 6.75. The molecule has 4 rings (SSSR count). The molecule has 306 valence electrons. The number of unbranched alkanes of at least 4 members (excludes halogenated alkanes) is 6. The van der Waals surface area contributed by atoms with E-state index in [0.29, 0.717) is 25.7 Å². The second kappa shape index (κ2) is 20.4. The number of rotatable bonds is 18. The lowest BCUT2D eigenvalue weighted by molar-refractivity contribution is -0.243. The number of amides is 3. The Bertz CT molecular complexity index is 1660. The molecule has 0 bridgehead atoms. The summed E-state index contributed by atoms with van der Waals surface area (Å²) in [6, 6.07) is 0.0153. The predicted molar refractivity (Wildman–Crippen MR) is 190 cm³/mol. The van der Waals surface area contributed by atoms with Crippen LogP contribution >= 0.6 is 0 Å². The van der Waals surface area contributed by atoms with E-state index in [9.17, 15) is 38.7 Å². The number of aromatic amines is 1. The van der Waals surface area contributed by atoms with Gasteiger partial charge < -0.3 is 49.9 Å². The summed E-state index contributed by atoms with van der Waals surface area (Å²) in [5, 5.41) is 16.6. The van der Waals surface area contributed by atoms with Crippen LogP contribution in [-0.4, -0.2) is 106 Å². The molecule has 0 unspecified atom stereocenters. The summed E-state index contributed by atoms with van der Waals surface area (Å²) in [6.07, 6.45) is -2.40. The van der Waals surface area contributed by atoms with Gasteiger partial charge >= 0.3 is 17.6 Å². The van der Waals surface area contributed by atoms with Gasteiger partial charge in [0.05, 0.1) is 0 Å². The van der Waals surface area contributed by atoms with Crippen LogP contribution in [0.5, 0.6) is 0 Å². The number of carbonyl (C=O) groups is 5. The van der Waals surface area contributed by atoms with Crippen molar-refractivity contribution in [3.05, 3.63) is 44.9 Å². The van der Waals surface area contributed by atoms with E-state index in [4.69, 9.17) is 34.2 Å². The van der Waals surface area contributed by atoms with E-state index in [1.165, 1.54) is 7.11 Å². The molecule has 55 heavy (non-hydrogen) atoms. The largest absolute Gasteiger partial charge is 0.456 e. The first kappa shape index (κ1) is 43.1. The monoisotopic (exact) mass is 779 g/mol. The van der Waals surface area contributed by atoms with Gasteiger partial charge in [0.2, 0.25) is 18.1 Å². The van der Waals surface area contributed by atoms with Crippen molar-refractivity contribution in [2.75, 3.05) is 7.11 Å². The van der Waals surface area contributed by atoms with Gasteiger partial charge in [-0.05, 0) is 32.6 Å². The van der Waals surface area contributed by atoms with Crippen LogP contribution in [-0.2, 0) is 52.4 Å². The summed E-state index contributed by atoms with van der Waals surface area (Å²) >= 11 is 0. The number of primary amides is 1. The van der Waals surface area contributed by atoms with Gasteiger partial charge in [0.15, 0.2) is 36.4 Å². The number of hydrogen-bond donors (Lipinski definition) is 5. The summed E-state index contributed by atoms with van der Waals surface area (Å²) in [5.74, 6) is -4.47. The lowest BCUT2D eigenvalue weighted by atomic mass is 10.0. The molecule has 3 amide bonds. The van der Waals surface area contributed by atoms with Crippen LogP contribution in [0.1, 0.15) is 97.6 Å². The lowest BCUT2D eigenvalue weighted by Gasteiger charge is -2.36. The second-order valence-corrected chi connectivity index (χ2v) is 13.9. The topological polar surface area (TPSA) is 266 Å². The number of H-pyrrole nitrogens is 1. The number of aliphatic hydroxyl groups is 1. The van der Waals surface area contributed by atoms with E-state index in [-0.39, 0.29) is 12.5 Å². The van der Waals surface area contributed by atoms with Crippen molar-refractivity contribution in [2.24, 2.45) is 5.73 Å². The minimum absolute atomic E-state index is 0.0345. The van der Waals surface area contributed by atoms with Gasteiger partial charge in [0.1, 0.15) is 18.2 Å². The quantitative estimate of drug-likeness (QED) is 0.0976. The molecule has 3 aliphatic heterocycles. The van der Waals surface area contributed by atoms with Gasteiger partial charge in [-0.25, -0.2) is 4.79 Å². The fourth-order valence-electron chi connectivity index (χ4n) is 6.75. The zero-order chi connectivity index (χ0) is 40.2. The minimum atomic E-state index is -1.91. The molecule has 1 aromatic rings. The number of methoxy groups -OCH3 is 1. The highest BCUT2D eigenvalue weighted by molar-refractivity contribution is 5.96. The number of aliphatic hydroxyl groups excluding tert-OH is 1. The van der Waals surface area contributed by atoms with E-state index < -0.39 is 102 Å². The van der Waals surface area contributed by atoms with Crippen molar-refractivity contribution in [2.45, 2.75) is 153 Å². The molecule has 3 aliphatic rings. The van der Waals surface area contributed by atoms with Crippen LogP contribution in [0.2, 0.25) is 0 Å². The Morgan fingerprint density at radius 3 is 2.42 bits per heavy atom. The number of nitrogens with one attached hydrogen (secondary N) is 3. The van der Waals surface area contributed by atoms with Gasteiger partial charge in [-0.3, -0.25) is 38.3 Å². The average Bonchev–Trinajstić information content (AvgIpc) is 3.38. The first-order valence-corrected chi connectivity index (χ1v) is 18.7. The van der Waals surface area contributed by atoms with Crippen molar-refractivity contribution in [3.8, 4) is 0 Å². The maximum absolute atomic E-state index is 13.4. The van der Waals surface area contributed by atoms with Crippen LogP contribution in [0.25, 0.3) is 0 Å². The SMILES string of the molecule is CCCCCCCCCC(=O)O[C@@H]1[C@H](OC)[C@@H]([C@@H](O[C@H]2OC(C(=O)N[C@H]3CCC[C@@H](C)NC3=O)=C[C@H](OC(C)=O)[C@@H]2O)C(N)=O)O[C@H]1n1ccc(=O)[nH]c1=O. The summed E-state index contributed by atoms with van der Waals surface area (Å²) in [7, 11) is 1.23. The van der Waals surface area contributed by atoms with Crippen LogP contribution in [0.4, 0.5) is 0 Å². The zero-order valence-corrected chi connectivity index (χ0v) is 31.6. The highest BCUT2D eigenvalue weighted by Gasteiger charge is 2.55. The van der Waals surface area contributed by atoms with Crippen LogP contribution in [0.15, 0.2) is 33.7 Å². The maximum atomic E-state index is 13.4. The minimum Gasteiger partial charge on any atom is -0.456 e. The molecule has 0 spiro atoms. The third-order valence-corrected chi connectivity index (χ3v) is 9.57. The molecule has 2 saturated heterocycles. The van der Waals surface area contributed by atoms with Gasteiger partial charge in [-0.15, -0.1) is 0 Å². The van der Waals surface area contributed by atoms with Crippen LogP contribution < -0.4 is 27.6 Å². The van der Waals surface area contributed by atoms with Gasteiger partial charge in [0, 0.05) is 44.8 Å². The molecule has 0 aromatic carbocycles. The Morgan fingerprint density at radius 1 is 1.05 bits per heavy atom. The Morgan fingerprint density at radius 2 is 1.76 bits per heavy atom. The highest BCUT2D eigenvalue weighted by Crippen LogP contribution is 2.37. The van der Waals surface area contributed by atoms with E-state index in [2.05, 4.69) is 22.5 Å². The highest BCUT2D eigenvalue weighted by atomic mass is 16.7. The molecule has 19 nitrogen and oxygen atoms in total.